The number of likely N-dealkylation sites (N-methyl/N-ethyl adjacent to an activating group) is 1. The van der Waals surface area contributed by atoms with Gasteiger partial charge in [0.1, 0.15) is 0 Å². The fourth-order valence-corrected chi connectivity index (χ4v) is 2.23. The van der Waals surface area contributed by atoms with E-state index >= 15 is 0 Å². The second-order valence-electron chi connectivity index (χ2n) is 4.67. The Kier molecular flexibility index (Phi) is 9.94. The average molecular weight is 232 g/mol. The highest BCUT2D eigenvalue weighted by molar-refractivity contribution is 4.72. The molecule has 0 amide bonds. The Bertz CT molecular complexity index is 145. The Hall–Kier alpha value is -0.150. The molecule has 0 aromatic heterocycles. The molecular formula is C13H29FN2. The molecule has 0 spiro atoms. The summed E-state index contributed by atoms with van der Waals surface area (Å²) in [5.74, 6) is 0.934. The molecule has 0 N–H and O–H groups in total. The van der Waals surface area contributed by atoms with Crippen molar-refractivity contribution in [3.8, 4) is 0 Å². The molecule has 1 aliphatic rings. The van der Waals surface area contributed by atoms with Crippen LogP contribution in [0.2, 0.25) is 0 Å². The van der Waals surface area contributed by atoms with Gasteiger partial charge >= 0.3 is 0 Å². The van der Waals surface area contributed by atoms with Crippen LogP contribution in [-0.2, 0) is 0 Å². The van der Waals surface area contributed by atoms with Gasteiger partial charge in [0.25, 0.3) is 0 Å². The smallest absolute Gasteiger partial charge is 0.0785 e. The Balaban J connectivity index is 0.00000106. The van der Waals surface area contributed by atoms with Gasteiger partial charge in [-0.05, 0) is 19.4 Å². The molecule has 3 heteroatoms. The van der Waals surface area contributed by atoms with Crippen LogP contribution in [-0.4, -0.2) is 56.7 Å². The van der Waals surface area contributed by atoms with Crippen molar-refractivity contribution in [3.05, 3.63) is 0 Å². The number of halogens is 1. The second-order valence-corrected chi connectivity index (χ2v) is 4.67. The summed E-state index contributed by atoms with van der Waals surface area (Å²) in [4.78, 5) is 5.07. The average Bonchev–Trinajstić information content (AvgIpc) is 2.34. The minimum atomic E-state index is 0.500. The van der Waals surface area contributed by atoms with Crippen molar-refractivity contribution in [1.82, 2.24) is 9.80 Å². The van der Waals surface area contributed by atoms with Gasteiger partial charge in [-0.25, -0.2) is 0 Å². The molecule has 0 aliphatic carbocycles. The molecule has 1 heterocycles. The second kappa shape index (κ2) is 10.0. The number of rotatable bonds is 5. The maximum atomic E-state index is 9.50. The zero-order chi connectivity index (χ0) is 12.4. The number of hydrogen-bond acceptors (Lipinski definition) is 2. The van der Waals surface area contributed by atoms with Crippen molar-refractivity contribution < 1.29 is 4.39 Å². The number of alkyl halides is 1. The first-order valence-electron chi connectivity index (χ1n) is 6.55. The third kappa shape index (κ3) is 6.44. The summed E-state index contributed by atoms with van der Waals surface area (Å²) in [7, 11) is 2.72. The summed E-state index contributed by atoms with van der Waals surface area (Å²) in [6.45, 7) is 11.0. The molecule has 0 aromatic carbocycles. The van der Waals surface area contributed by atoms with Crippen LogP contribution in [0.3, 0.4) is 0 Å². The molecule has 0 bridgehead atoms. The molecule has 1 aliphatic heterocycles. The third-order valence-corrected chi connectivity index (χ3v) is 3.39. The third-order valence-electron chi connectivity index (χ3n) is 3.39. The van der Waals surface area contributed by atoms with E-state index in [0.717, 1.165) is 5.92 Å². The molecule has 1 rings (SSSR count). The summed E-state index contributed by atoms with van der Waals surface area (Å²) in [6.07, 6.45) is 4.09. The highest BCUT2D eigenvalue weighted by atomic mass is 19.1. The first kappa shape index (κ1) is 15.9. The van der Waals surface area contributed by atoms with E-state index in [4.69, 9.17) is 0 Å². The summed E-state index contributed by atoms with van der Waals surface area (Å²) in [5.41, 5.74) is 0. The largest absolute Gasteiger partial charge is 0.304 e. The first-order chi connectivity index (χ1) is 7.76. The van der Waals surface area contributed by atoms with Gasteiger partial charge in [0, 0.05) is 32.7 Å². The fourth-order valence-electron chi connectivity index (χ4n) is 2.23. The van der Waals surface area contributed by atoms with E-state index in [2.05, 4.69) is 30.7 Å². The maximum absolute atomic E-state index is 9.50. The van der Waals surface area contributed by atoms with Crippen LogP contribution in [0.15, 0.2) is 0 Å². The van der Waals surface area contributed by atoms with Gasteiger partial charge in [0.2, 0.25) is 0 Å². The van der Waals surface area contributed by atoms with Gasteiger partial charge < -0.3 is 9.80 Å². The summed E-state index contributed by atoms with van der Waals surface area (Å²) >= 11 is 0. The highest BCUT2D eigenvalue weighted by Gasteiger charge is 2.16. The van der Waals surface area contributed by atoms with Gasteiger partial charge in [-0.3, -0.25) is 4.39 Å². The quantitative estimate of drug-likeness (QED) is 0.719. The predicted octanol–water partition coefficient (Wildman–Crippen LogP) is 2.65. The fraction of sp³-hybridized carbons (Fsp3) is 1.00. The van der Waals surface area contributed by atoms with Crippen molar-refractivity contribution in [3.63, 3.8) is 0 Å². The lowest BCUT2D eigenvalue weighted by molar-refractivity contribution is 0.132. The number of piperazine rings is 1. The van der Waals surface area contributed by atoms with Crippen LogP contribution >= 0.6 is 0 Å². The van der Waals surface area contributed by atoms with E-state index in [1.165, 1.54) is 52.0 Å². The minimum absolute atomic E-state index is 0.500. The monoisotopic (exact) mass is 232 g/mol. The zero-order valence-corrected chi connectivity index (χ0v) is 11.5. The standard InChI is InChI=1S/C12H26N2.CH3F/c1-4-6-12(5-2)11-14-9-7-13(3)8-10-14;1-2/h12H,4-11H2,1-3H3;1H3. The van der Waals surface area contributed by atoms with E-state index in [1.54, 1.807) is 0 Å². The van der Waals surface area contributed by atoms with Crippen molar-refractivity contribution >= 4 is 0 Å². The molecule has 1 fully saturated rings. The molecule has 16 heavy (non-hydrogen) atoms. The molecule has 0 aromatic rings. The first-order valence-corrected chi connectivity index (χ1v) is 6.55. The van der Waals surface area contributed by atoms with Gasteiger partial charge in [-0.1, -0.05) is 26.7 Å². The summed E-state index contributed by atoms with van der Waals surface area (Å²) in [5, 5.41) is 0. The van der Waals surface area contributed by atoms with Crippen molar-refractivity contribution in [2.45, 2.75) is 33.1 Å². The lowest BCUT2D eigenvalue weighted by Crippen LogP contribution is -2.46. The van der Waals surface area contributed by atoms with Crippen molar-refractivity contribution in [2.24, 2.45) is 5.92 Å². The normalized spacial score (nSPS) is 20.1. The lowest BCUT2D eigenvalue weighted by Gasteiger charge is -2.34. The maximum Gasteiger partial charge on any atom is 0.0785 e. The molecule has 1 saturated heterocycles. The Morgan fingerprint density at radius 1 is 1.06 bits per heavy atom. The topological polar surface area (TPSA) is 6.48 Å². The summed E-state index contributed by atoms with van der Waals surface area (Å²) in [6, 6.07) is 0. The van der Waals surface area contributed by atoms with E-state index in [-0.39, 0.29) is 0 Å². The van der Waals surface area contributed by atoms with E-state index in [9.17, 15) is 4.39 Å². The van der Waals surface area contributed by atoms with E-state index in [0.29, 0.717) is 7.18 Å². The predicted molar refractivity (Wildman–Crippen MR) is 69.7 cm³/mol. The Labute approximate surface area is 101 Å². The van der Waals surface area contributed by atoms with Gasteiger partial charge in [0.15, 0.2) is 0 Å². The number of nitrogens with zero attached hydrogens (tertiary/aromatic N) is 2. The van der Waals surface area contributed by atoms with E-state index in [1.807, 2.05) is 0 Å². The van der Waals surface area contributed by atoms with Crippen LogP contribution in [0.1, 0.15) is 33.1 Å². The van der Waals surface area contributed by atoms with Gasteiger partial charge in [-0.2, -0.15) is 0 Å². The van der Waals surface area contributed by atoms with Crippen LogP contribution in [0, 0.1) is 5.92 Å². The van der Waals surface area contributed by atoms with Crippen LogP contribution in [0.5, 0.6) is 0 Å². The Morgan fingerprint density at radius 2 is 1.62 bits per heavy atom. The van der Waals surface area contributed by atoms with Crippen molar-refractivity contribution in [2.75, 3.05) is 46.9 Å². The van der Waals surface area contributed by atoms with Gasteiger partial charge in [0.05, 0.1) is 7.18 Å². The SMILES string of the molecule is CCCC(CC)CN1CCN(C)CC1.CF. The molecule has 0 saturated carbocycles. The molecule has 2 nitrogen and oxygen atoms in total. The molecule has 98 valence electrons. The molecule has 1 unspecified atom stereocenters. The number of hydrogen-bond donors (Lipinski definition) is 0. The highest BCUT2D eigenvalue weighted by Crippen LogP contribution is 2.13. The van der Waals surface area contributed by atoms with Crippen LogP contribution < -0.4 is 0 Å². The lowest BCUT2D eigenvalue weighted by atomic mass is 10.00. The minimum Gasteiger partial charge on any atom is -0.304 e. The van der Waals surface area contributed by atoms with Crippen LogP contribution in [0.4, 0.5) is 4.39 Å². The molecule has 0 radical (unpaired) electrons. The zero-order valence-electron chi connectivity index (χ0n) is 11.5. The molecule has 1 atom stereocenters. The van der Waals surface area contributed by atoms with Crippen LogP contribution in [0.25, 0.3) is 0 Å². The van der Waals surface area contributed by atoms with Gasteiger partial charge in [-0.15, -0.1) is 0 Å². The Morgan fingerprint density at radius 3 is 2.06 bits per heavy atom. The molecular weight excluding hydrogens is 203 g/mol. The van der Waals surface area contributed by atoms with E-state index < -0.39 is 0 Å². The summed E-state index contributed by atoms with van der Waals surface area (Å²) < 4.78 is 9.50. The van der Waals surface area contributed by atoms with Crippen molar-refractivity contribution in [1.29, 1.82) is 0 Å².